The number of nitrogens with zero attached hydrogens (tertiary/aromatic N) is 2. The summed E-state index contributed by atoms with van der Waals surface area (Å²) in [6.07, 6.45) is 1.89. The maximum absolute atomic E-state index is 13.4. The highest BCUT2D eigenvalue weighted by atomic mass is 79.9. The third kappa shape index (κ3) is 4.64. The molecule has 0 amide bonds. The van der Waals surface area contributed by atoms with Crippen molar-refractivity contribution in [3.05, 3.63) is 51.5 Å². The summed E-state index contributed by atoms with van der Waals surface area (Å²) in [5, 5.41) is 7.82. The van der Waals surface area contributed by atoms with Gasteiger partial charge in [0.25, 0.3) is 0 Å². The Labute approximate surface area is 133 Å². The Kier molecular flexibility index (Phi) is 5.53. The fourth-order valence-electron chi connectivity index (χ4n) is 2.19. The molecule has 0 bridgehead atoms. The smallest absolute Gasteiger partial charge is 0.124 e. The van der Waals surface area contributed by atoms with E-state index in [-0.39, 0.29) is 5.82 Å². The molecule has 0 aliphatic carbocycles. The summed E-state index contributed by atoms with van der Waals surface area (Å²) in [5.41, 5.74) is 3.20. The largest absolute Gasteiger partial charge is 0.312 e. The minimum absolute atomic E-state index is 0.233. The number of hydrogen-bond donors (Lipinski definition) is 1. The van der Waals surface area contributed by atoms with Crippen molar-refractivity contribution in [3.63, 3.8) is 0 Å². The van der Waals surface area contributed by atoms with Gasteiger partial charge in [0.05, 0.1) is 12.7 Å². The molecule has 0 saturated carbocycles. The molecule has 114 valence electrons. The van der Waals surface area contributed by atoms with Crippen LogP contribution in [0.25, 0.3) is 0 Å². The summed E-state index contributed by atoms with van der Waals surface area (Å²) in [4.78, 5) is 0. The van der Waals surface area contributed by atoms with E-state index in [1.165, 1.54) is 11.6 Å². The van der Waals surface area contributed by atoms with Crippen molar-refractivity contribution in [1.29, 1.82) is 0 Å². The molecular weight excluding hydrogens is 333 g/mol. The molecule has 0 spiro atoms. The van der Waals surface area contributed by atoms with Crippen molar-refractivity contribution < 1.29 is 4.39 Å². The zero-order valence-electron chi connectivity index (χ0n) is 12.7. The quantitative estimate of drug-likeness (QED) is 0.853. The van der Waals surface area contributed by atoms with Crippen LogP contribution in [0.1, 0.15) is 30.7 Å². The SMILES string of the molecule is Cc1c(CNCC(C)C)cnn1Cc1cc(F)cc(Br)c1. The van der Waals surface area contributed by atoms with Gasteiger partial charge in [-0.15, -0.1) is 0 Å². The number of halogens is 2. The minimum Gasteiger partial charge on any atom is -0.312 e. The van der Waals surface area contributed by atoms with E-state index in [0.29, 0.717) is 12.5 Å². The topological polar surface area (TPSA) is 29.9 Å². The standard InChI is InChI=1S/C16H21BrFN3/c1-11(2)7-19-8-14-9-20-21(12(14)3)10-13-4-15(17)6-16(18)5-13/h4-6,9,11,19H,7-8,10H2,1-3H3. The van der Waals surface area contributed by atoms with Gasteiger partial charge >= 0.3 is 0 Å². The number of aromatic nitrogens is 2. The second kappa shape index (κ2) is 7.18. The lowest BCUT2D eigenvalue weighted by molar-refractivity contribution is 0.550. The van der Waals surface area contributed by atoms with Crippen LogP contribution in [0.15, 0.2) is 28.9 Å². The molecule has 0 aliphatic heterocycles. The van der Waals surface area contributed by atoms with E-state index < -0.39 is 0 Å². The fraction of sp³-hybridized carbons (Fsp3) is 0.438. The first kappa shape index (κ1) is 16.2. The molecule has 0 saturated heterocycles. The van der Waals surface area contributed by atoms with E-state index in [0.717, 1.165) is 28.8 Å². The highest BCUT2D eigenvalue weighted by Crippen LogP contribution is 2.17. The normalized spacial score (nSPS) is 11.3. The van der Waals surface area contributed by atoms with Crippen molar-refractivity contribution in [2.45, 2.75) is 33.9 Å². The number of hydrogen-bond acceptors (Lipinski definition) is 2. The maximum atomic E-state index is 13.4. The zero-order chi connectivity index (χ0) is 15.4. The molecule has 2 rings (SSSR count). The summed E-state index contributed by atoms with van der Waals surface area (Å²) in [7, 11) is 0. The highest BCUT2D eigenvalue weighted by Gasteiger charge is 2.08. The van der Waals surface area contributed by atoms with Gasteiger partial charge in [-0.1, -0.05) is 29.8 Å². The Bertz CT molecular complexity index is 587. The van der Waals surface area contributed by atoms with E-state index in [1.54, 1.807) is 6.07 Å². The first-order valence-electron chi connectivity index (χ1n) is 7.12. The van der Waals surface area contributed by atoms with Gasteiger partial charge in [-0.2, -0.15) is 5.10 Å². The predicted octanol–water partition coefficient (Wildman–Crippen LogP) is 3.89. The van der Waals surface area contributed by atoms with Gasteiger partial charge < -0.3 is 5.32 Å². The van der Waals surface area contributed by atoms with Crippen LogP contribution in [0.4, 0.5) is 4.39 Å². The summed E-state index contributed by atoms with van der Waals surface area (Å²) in [5.74, 6) is 0.396. The second-order valence-electron chi connectivity index (χ2n) is 5.72. The Morgan fingerprint density at radius 3 is 2.76 bits per heavy atom. The third-order valence-electron chi connectivity index (χ3n) is 3.33. The Morgan fingerprint density at radius 2 is 2.10 bits per heavy atom. The predicted molar refractivity (Wildman–Crippen MR) is 86.7 cm³/mol. The molecule has 2 aromatic rings. The van der Waals surface area contributed by atoms with Crippen molar-refractivity contribution in [1.82, 2.24) is 15.1 Å². The average Bonchev–Trinajstić information content (AvgIpc) is 2.70. The molecule has 5 heteroatoms. The van der Waals surface area contributed by atoms with E-state index in [2.05, 4.69) is 40.2 Å². The molecule has 1 aromatic carbocycles. The zero-order valence-corrected chi connectivity index (χ0v) is 14.2. The first-order chi connectivity index (χ1) is 9.95. The molecule has 0 radical (unpaired) electrons. The summed E-state index contributed by atoms with van der Waals surface area (Å²) in [6, 6.07) is 4.92. The van der Waals surface area contributed by atoms with E-state index >= 15 is 0 Å². The lowest BCUT2D eigenvalue weighted by Gasteiger charge is -2.08. The lowest BCUT2D eigenvalue weighted by Crippen LogP contribution is -2.19. The molecule has 1 aromatic heterocycles. The van der Waals surface area contributed by atoms with E-state index in [4.69, 9.17) is 0 Å². The Morgan fingerprint density at radius 1 is 1.33 bits per heavy atom. The van der Waals surface area contributed by atoms with Crippen LogP contribution in [0.5, 0.6) is 0 Å². The van der Waals surface area contributed by atoms with Crippen LogP contribution in [0.3, 0.4) is 0 Å². The van der Waals surface area contributed by atoms with Crippen molar-refractivity contribution >= 4 is 15.9 Å². The monoisotopic (exact) mass is 353 g/mol. The number of benzene rings is 1. The summed E-state index contributed by atoms with van der Waals surface area (Å²) < 4.78 is 16.1. The average molecular weight is 354 g/mol. The van der Waals surface area contributed by atoms with Gasteiger partial charge in [0, 0.05) is 22.3 Å². The van der Waals surface area contributed by atoms with Crippen LogP contribution in [-0.4, -0.2) is 16.3 Å². The van der Waals surface area contributed by atoms with Gasteiger partial charge in [0.1, 0.15) is 5.82 Å². The van der Waals surface area contributed by atoms with Crippen LogP contribution in [0.2, 0.25) is 0 Å². The third-order valence-corrected chi connectivity index (χ3v) is 3.79. The Hall–Kier alpha value is -1.20. The van der Waals surface area contributed by atoms with Gasteiger partial charge in [-0.3, -0.25) is 4.68 Å². The van der Waals surface area contributed by atoms with Crippen molar-refractivity contribution in [2.75, 3.05) is 6.54 Å². The van der Waals surface area contributed by atoms with Gasteiger partial charge in [-0.05, 0) is 43.1 Å². The maximum Gasteiger partial charge on any atom is 0.124 e. The van der Waals surface area contributed by atoms with Gasteiger partial charge in [-0.25, -0.2) is 4.39 Å². The molecule has 0 aliphatic rings. The molecule has 0 fully saturated rings. The molecule has 0 unspecified atom stereocenters. The van der Waals surface area contributed by atoms with Gasteiger partial charge in [0.2, 0.25) is 0 Å². The van der Waals surface area contributed by atoms with E-state index in [1.807, 2.05) is 23.9 Å². The summed E-state index contributed by atoms with van der Waals surface area (Å²) >= 11 is 3.32. The number of nitrogens with one attached hydrogen (secondary N) is 1. The fourth-order valence-corrected chi connectivity index (χ4v) is 2.70. The van der Waals surface area contributed by atoms with Crippen LogP contribution >= 0.6 is 15.9 Å². The lowest BCUT2D eigenvalue weighted by atomic mass is 10.2. The molecule has 3 nitrogen and oxygen atoms in total. The molecular formula is C16H21BrFN3. The van der Waals surface area contributed by atoms with Crippen LogP contribution in [-0.2, 0) is 13.1 Å². The number of rotatable bonds is 6. The second-order valence-corrected chi connectivity index (χ2v) is 6.63. The Balaban J connectivity index is 2.06. The molecule has 21 heavy (non-hydrogen) atoms. The highest BCUT2D eigenvalue weighted by molar-refractivity contribution is 9.10. The van der Waals surface area contributed by atoms with E-state index in [9.17, 15) is 4.39 Å². The molecule has 1 heterocycles. The first-order valence-corrected chi connectivity index (χ1v) is 7.92. The molecule has 0 atom stereocenters. The van der Waals surface area contributed by atoms with Crippen molar-refractivity contribution in [3.8, 4) is 0 Å². The minimum atomic E-state index is -0.233. The van der Waals surface area contributed by atoms with Gasteiger partial charge in [0.15, 0.2) is 0 Å². The van der Waals surface area contributed by atoms with Crippen LogP contribution in [0, 0.1) is 18.7 Å². The van der Waals surface area contributed by atoms with Crippen molar-refractivity contribution in [2.24, 2.45) is 5.92 Å². The summed E-state index contributed by atoms with van der Waals surface area (Å²) in [6.45, 7) is 8.80. The molecule has 1 N–H and O–H groups in total. The van der Waals surface area contributed by atoms with Crippen LogP contribution < -0.4 is 5.32 Å².